The molecule has 5 nitrogen and oxygen atoms in total. The Labute approximate surface area is 145 Å². The molecule has 0 aliphatic carbocycles. The molecule has 0 spiro atoms. The number of thiophene rings is 1. The van der Waals surface area contributed by atoms with Crippen LogP contribution in [0.25, 0.3) is 0 Å². The molecule has 0 radical (unpaired) electrons. The second-order valence-electron chi connectivity index (χ2n) is 6.14. The number of nitrogens with zero attached hydrogens (tertiary/aromatic N) is 2. The Bertz CT molecular complexity index is 731. The Morgan fingerprint density at radius 3 is 2.50 bits per heavy atom. The molecule has 3 rings (SSSR count). The molecule has 1 saturated heterocycles. The molecule has 2 aromatic rings. The summed E-state index contributed by atoms with van der Waals surface area (Å²) in [5.74, 6) is 0.00164. The number of hydrogen-bond donors (Lipinski definition) is 1. The molecule has 3 heterocycles. The van der Waals surface area contributed by atoms with Gasteiger partial charge in [-0.05, 0) is 51.0 Å². The van der Waals surface area contributed by atoms with Gasteiger partial charge in [0.05, 0.1) is 10.4 Å². The van der Waals surface area contributed by atoms with Crippen LogP contribution in [0.4, 0.5) is 0 Å². The van der Waals surface area contributed by atoms with Gasteiger partial charge in [-0.15, -0.1) is 11.3 Å². The SMILES string of the molecule is Cc1ccc(C(=O)N2CCC(NC(=O)c3ccc(C)s3)CC2)cn1. The summed E-state index contributed by atoms with van der Waals surface area (Å²) in [6, 6.07) is 7.61. The van der Waals surface area contributed by atoms with Crippen molar-refractivity contribution in [1.29, 1.82) is 0 Å². The van der Waals surface area contributed by atoms with Crippen LogP contribution in [-0.4, -0.2) is 40.8 Å². The first-order chi connectivity index (χ1) is 11.5. The zero-order valence-electron chi connectivity index (χ0n) is 13.9. The second kappa shape index (κ2) is 7.13. The predicted octanol–water partition coefficient (Wildman–Crippen LogP) is 2.79. The molecule has 126 valence electrons. The van der Waals surface area contributed by atoms with E-state index in [0.29, 0.717) is 18.7 Å². The van der Waals surface area contributed by atoms with Gasteiger partial charge in [0.25, 0.3) is 11.8 Å². The molecule has 1 aliphatic rings. The lowest BCUT2D eigenvalue weighted by atomic mass is 10.0. The Balaban J connectivity index is 1.53. The highest BCUT2D eigenvalue weighted by Crippen LogP contribution is 2.17. The van der Waals surface area contributed by atoms with Crippen molar-refractivity contribution in [2.24, 2.45) is 0 Å². The number of aryl methyl sites for hydroxylation is 2. The molecule has 24 heavy (non-hydrogen) atoms. The van der Waals surface area contributed by atoms with Gasteiger partial charge in [-0.1, -0.05) is 0 Å². The van der Waals surface area contributed by atoms with Crippen molar-refractivity contribution in [2.45, 2.75) is 32.7 Å². The molecular formula is C18H21N3O2S. The Morgan fingerprint density at radius 2 is 1.92 bits per heavy atom. The minimum atomic E-state index is -0.0133. The average Bonchev–Trinajstić information content (AvgIpc) is 3.02. The highest BCUT2D eigenvalue weighted by molar-refractivity contribution is 7.13. The normalized spacial score (nSPS) is 15.3. The summed E-state index contributed by atoms with van der Waals surface area (Å²) in [7, 11) is 0. The minimum Gasteiger partial charge on any atom is -0.348 e. The highest BCUT2D eigenvalue weighted by Gasteiger charge is 2.25. The van der Waals surface area contributed by atoms with Crippen molar-refractivity contribution in [1.82, 2.24) is 15.2 Å². The standard InChI is InChI=1S/C18H21N3O2S/c1-12-3-5-14(11-19-12)18(23)21-9-7-15(8-10-21)20-17(22)16-6-4-13(2)24-16/h3-6,11,15H,7-10H2,1-2H3,(H,20,22). The fourth-order valence-electron chi connectivity index (χ4n) is 2.82. The molecule has 0 saturated carbocycles. The molecule has 1 N–H and O–H groups in total. The smallest absolute Gasteiger partial charge is 0.261 e. The lowest BCUT2D eigenvalue weighted by Gasteiger charge is -2.32. The number of pyridine rings is 1. The zero-order valence-corrected chi connectivity index (χ0v) is 14.7. The van der Waals surface area contributed by atoms with E-state index in [9.17, 15) is 9.59 Å². The summed E-state index contributed by atoms with van der Waals surface area (Å²) in [5, 5.41) is 3.08. The summed E-state index contributed by atoms with van der Waals surface area (Å²) in [6.45, 7) is 5.20. The van der Waals surface area contributed by atoms with Crippen LogP contribution in [0, 0.1) is 13.8 Å². The third-order valence-corrected chi connectivity index (χ3v) is 5.24. The highest BCUT2D eigenvalue weighted by atomic mass is 32.1. The van der Waals surface area contributed by atoms with Crippen molar-refractivity contribution < 1.29 is 9.59 Å². The van der Waals surface area contributed by atoms with E-state index in [2.05, 4.69) is 10.3 Å². The number of amides is 2. The van der Waals surface area contributed by atoms with Crippen LogP contribution in [0.5, 0.6) is 0 Å². The maximum absolute atomic E-state index is 12.5. The van der Waals surface area contributed by atoms with Gasteiger partial charge in [-0.25, -0.2) is 0 Å². The van der Waals surface area contributed by atoms with Gasteiger partial charge in [0, 0.05) is 35.9 Å². The Morgan fingerprint density at radius 1 is 1.17 bits per heavy atom. The van der Waals surface area contributed by atoms with Gasteiger partial charge in [0.2, 0.25) is 0 Å². The molecule has 0 bridgehead atoms. The Hall–Kier alpha value is -2.21. The summed E-state index contributed by atoms with van der Waals surface area (Å²) in [5.41, 5.74) is 1.52. The lowest BCUT2D eigenvalue weighted by molar-refractivity contribution is 0.0698. The largest absolute Gasteiger partial charge is 0.348 e. The number of piperidine rings is 1. The summed E-state index contributed by atoms with van der Waals surface area (Å²) in [4.78, 5) is 32.6. The fraction of sp³-hybridized carbons (Fsp3) is 0.389. The Kier molecular flexibility index (Phi) is 4.94. The van der Waals surface area contributed by atoms with E-state index in [-0.39, 0.29) is 17.9 Å². The molecular weight excluding hydrogens is 322 g/mol. The van der Waals surface area contributed by atoms with E-state index >= 15 is 0 Å². The first-order valence-electron chi connectivity index (χ1n) is 8.12. The monoisotopic (exact) mass is 343 g/mol. The number of rotatable bonds is 3. The summed E-state index contributed by atoms with van der Waals surface area (Å²) < 4.78 is 0. The van der Waals surface area contributed by atoms with Crippen molar-refractivity contribution in [3.63, 3.8) is 0 Å². The fourth-order valence-corrected chi connectivity index (χ4v) is 3.59. The van der Waals surface area contributed by atoms with E-state index in [0.717, 1.165) is 28.3 Å². The van der Waals surface area contributed by atoms with Gasteiger partial charge < -0.3 is 10.2 Å². The molecule has 0 atom stereocenters. The minimum absolute atomic E-state index is 0.0133. The lowest BCUT2D eigenvalue weighted by Crippen LogP contribution is -2.46. The van der Waals surface area contributed by atoms with Crippen LogP contribution >= 0.6 is 11.3 Å². The maximum Gasteiger partial charge on any atom is 0.261 e. The number of likely N-dealkylation sites (tertiary alicyclic amines) is 1. The van der Waals surface area contributed by atoms with E-state index in [1.54, 1.807) is 6.20 Å². The zero-order chi connectivity index (χ0) is 17.1. The van der Waals surface area contributed by atoms with E-state index in [1.807, 2.05) is 43.0 Å². The number of carbonyl (C=O) groups is 2. The summed E-state index contributed by atoms with van der Waals surface area (Å²) in [6.07, 6.45) is 3.19. The number of carbonyl (C=O) groups excluding carboxylic acids is 2. The molecule has 2 amide bonds. The van der Waals surface area contributed by atoms with Gasteiger partial charge in [0.1, 0.15) is 0 Å². The van der Waals surface area contributed by atoms with Crippen LogP contribution in [0.3, 0.4) is 0 Å². The summed E-state index contributed by atoms with van der Waals surface area (Å²) >= 11 is 1.50. The quantitative estimate of drug-likeness (QED) is 0.932. The molecule has 6 heteroatoms. The molecule has 0 unspecified atom stereocenters. The van der Waals surface area contributed by atoms with Gasteiger partial charge >= 0.3 is 0 Å². The van der Waals surface area contributed by atoms with Crippen LogP contribution in [0.15, 0.2) is 30.5 Å². The van der Waals surface area contributed by atoms with Crippen LogP contribution in [-0.2, 0) is 0 Å². The molecule has 0 aromatic carbocycles. The van der Waals surface area contributed by atoms with Crippen LogP contribution < -0.4 is 5.32 Å². The van der Waals surface area contributed by atoms with Gasteiger partial charge in [-0.3, -0.25) is 14.6 Å². The number of hydrogen-bond acceptors (Lipinski definition) is 4. The third kappa shape index (κ3) is 3.82. The van der Waals surface area contributed by atoms with Crippen molar-refractivity contribution >= 4 is 23.2 Å². The first-order valence-corrected chi connectivity index (χ1v) is 8.94. The van der Waals surface area contributed by atoms with Crippen molar-refractivity contribution in [3.8, 4) is 0 Å². The average molecular weight is 343 g/mol. The van der Waals surface area contributed by atoms with E-state index in [4.69, 9.17) is 0 Å². The van der Waals surface area contributed by atoms with Crippen molar-refractivity contribution in [3.05, 3.63) is 51.5 Å². The topological polar surface area (TPSA) is 62.3 Å². The number of nitrogens with one attached hydrogen (secondary N) is 1. The van der Waals surface area contributed by atoms with Crippen LogP contribution in [0.2, 0.25) is 0 Å². The van der Waals surface area contributed by atoms with Gasteiger partial charge in [0.15, 0.2) is 0 Å². The molecule has 1 aliphatic heterocycles. The van der Waals surface area contributed by atoms with E-state index in [1.165, 1.54) is 11.3 Å². The molecule has 2 aromatic heterocycles. The van der Waals surface area contributed by atoms with Crippen LogP contribution in [0.1, 0.15) is 43.4 Å². The predicted molar refractivity (Wildman–Crippen MR) is 94.4 cm³/mol. The van der Waals surface area contributed by atoms with E-state index < -0.39 is 0 Å². The van der Waals surface area contributed by atoms with Gasteiger partial charge in [-0.2, -0.15) is 0 Å². The molecule has 1 fully saturated rings. The first kappa shape index (κ1) is 16.6. The van der Waals surface area contributed by atoms with Crippen molar-refractivity contribution in [2.75, 3.05) is 13.1 Å². The maximum atomic E-state index is 12.5. The number of aromatic nitrogens is 1. The second-order valence-corrected chi connectivity index (χ2v) is 7.43. The third-order valence-electron chi connectivity index (χ3n) is 4.24.